The van der Waals surface area contributed by atoms with Gasteiger partial charge in [-0.05, 0) is 106 Å². The van der Waals surface area contributed by atoms with E-state index < -0.39 is 161 Å². The van der Waals surface area contributed by atoms with Gasteiger partial charge >= 0.3 is 6.18 Å². The van der Waals surface area contributed by atoms with Gasteiger partial charge in [0.1, 0.15) is 41.8 Å². The van der Waals surface area contributed by atoms with E-state index in [2.05, 4.69) is 21.3 Å². The molecule has 2 heterocycles. The Kier molecular flexibility index (Phi) is 28.2. The molecule has 2 aliphatic heterocycles. The molecule has 92 heavy (non-hydrogen) atoms. The highest BCUT2D eigenvalue weighted by atomic mass is 35.5. The van der Waals surface area contributed by atoms with Crippen molar-refractivity contribution in [3.63, 3.8) is 0 Å². The van der Waals surface area contributed by atoms with Gasteiger partial charge in [0, 0.05) is 60.8 Å². The first kappa shape index (κ1) is 76.2. The van der Waals surface area contributed by atoms with Crippen LogP contribution in [-0.2, 0) is 65.3 Å². The van der Waals surface area contributed by atoms with Gasteiger partial charge < -0.3 is 55.6 Å². The molecule has 4 aliphatic rings. The summed E-state index contributed by atoms with van der Waals surface area (Å²) < 4.78 is 41.4. The maximum atomic E-state index is 15.0. The lowest BCUT2D eigenvalue weighted by atomic mass is 9.84. The lowest BCUT2D eigenvalue weighted by Crippen LogP contribution is -2.64. The fraction of sp³-hybridized carbons (Fsp3) is 0.742. The van der Waals surface area contributed by atoms with Gasteiger partial charge in [-0.25, -0.2) is 0 Å². The summed E-state index contributed by atoms with van der Waals surface area (Å²) in [6.45, 7) is 13.0. The summed E-state index contributed by atoms with van der Waals surface area (Å²) in [5, 5.41) is 11.0. The first-order valence-electron chi connectivity index (χ1n) is 33.1. The molecular formula is C66H103ClF3N11O11. The third-order valence-electron chi connectivity index (χ3n) is 19.0. The van der Waals surface area contributed by atoms with Gasteiger partial charge in [-0.15, -0.1) is 0 Å². The van der Waals surface area contributed by atoms with Gasteiger partial charge in [0.15, 0.2) is 0 Å². The largest absolute Gasteiger partial charge is 0.417 e. The van der Waals surface area contributed by atoms with Crippen molar-refractivity contribution in [2.45, 2.75) is 225 Å². The molecule has 0 unspecified atom stereocenters. The number of fused-ring (bicyclic) bond motifs is 1. The Labute approximate surface area is 546 Å². The molecule has 4 fully saturated rings. The minimum atomic E-state index is -4.74. The SMILES string of the molecule is CCCN1CC(=O)N(C)[C@@H](CC2CCCCC2)C(=O)N(C)CC(=O)N[C@@H](CCc2ccc(C(F)(F)F)c(Cl)c2)C(=O)N2CCC[C@H]2C(=O)NC2(CCCC2)C(=O)N(C)[C@@H](C(C)C)C(=O)N[C@H](C)CC(=O)N(C)[C@@H](CC(C)C)C(=O)N[C@@H]([C@@H](C)CC)C(=O)N(C)CC1=O. The van der Waals surface area contributed by atoms with Crippen LogP contribution in [0.4, 0.5) is 13.2 Å². The number of carbonyl (C=O) groups excluding carboxylic acids is 11. The van der Waals surface area contributed by atoms with Gasteiger partial charge in [0.2, 0.25) is 65.0 Å². The van der Waals surface area contributed by atoms with E-state index in [1.165, 1.54) is 70.7 Å². The Hall–Kier alpha value is -6.53. The van der Waals surface area contributed by atoms with Crippen molar-refractivity contribution in [2.24, 2.45) is 23.7 Å². The summed E-state index contributed by atoms with van der Waals surface area (Å²) >= 11 is 6.12. The van der Waals surface area contributed by atoms with Crippen LogP contribution in [0, 0.1) is 23.7 Å². The molecule has 516 valence electrons. The lowest BCUT2D eigenvalue weighted by Gasteiger charge is -2.39. The topological polar surface area (TPSA) is 259 Å². The van der Waals surface area contributed by atoms with E-state index in [9.17, 15) is 56.3 Å². The molecule has 0 bridgehead atoms. The van der Waals surface area contributed by atoms with Gasteiger partial charge in [0.25, 0.3) is 0 Å². The normalized spacial score (nSPS) is 26.0. The summed E-state index contributed by atoms with van der Waals surface area (Å²) in [6.07, 6.45) is 2.50. The van der Waals surface area contributed by atoms with E-state index >= 15 is 9.59 Å². The van der Waals surface area contributed by atoms with Crippen molar-refractivity contribution in [3.8, 4) is 0 Å². The number of benzene rings is 1. The molecule has 1 spiro atoms. The van der Waals surface area contributed by atoms with Crippen LogP contribution in [0.25, 0.3) is 0 Å². The zero-order valence-corrected chi connectivity index (χ0v) is 57.2. The monoisotopic (exact) mass is 1320 g/mol. The molecular weight excluding hydrogens is 1220 g/mol. The number of likely N-dealkylation sites (N-methyl/N-ethyl adjacent to an activating group) is 5. The molecule has 2 aliphatic carbocycles. The van der Waals surface area contributed by atoms with Gasteiger partial charge in [-0.3, -0.25) is 52.7 Å². The first-order chi connectivity index (χ1) is 43.2. The van der Waals surface area contributed by atoms with E-state index in [0.29, 0.717) is 37.7 Å². The lowest BCUT2D eigenvalue weighted by molar-refractivity contribution is -0.150. The van der Waals surface area contributed by atoms with Crippen LogP contribution >= 0.6 is 11.6 Å². The number of hydrogen-bond acceptors (Lipinski definition) is 11. The molecule has 0 aromatic heterocycles. The standard InChI is InChI=1S/C66H103ClF3N11O11/c1-14-31-80-39-54(84)78(12)51(36-44-22-17-16-18-23-44)62(90)75(9)37-52(82)72-48(28-26-45-25-27-46(47(67)35-45)66(68,69)70)61(89)81-32-21-24-49(81)59(87)74-65(29-19-20-30-65)64(92)79(13)57(41(5)6)60(88)71-43(8)34-53(83)77(11)50(33-40(3)4)58(86)73-56(42(7)15-2)63(91)76(10)38-55(80)85/h25,27,35,40-44,48-51,56-57H,14-24,26,28-34,36-39H2,1-13H3,(H,71,88)(H,72,82)(H,73,86)(H,74,87)/t42-,43+,48-,49-,50-,51-,56-,57-/m0/s1. The molecule has 0 radical (unpaired) electrons. The van der Waals surface area contributed by atoms with Crippen molar-refractivity contribution >= 4 is 76.6 Å². The van der Waals surface area contributed by atoms with E-state index in [4.69, 9.17) is 11.6 Å². The van der Waals surface area contributed by atoms with Crippen molar-refractivity contribution in [3.05, 3.63) is 34.3 Å². The highest BCUT2D eigenvalue weighted by Crippen LogP contribution is 2.37. The average Bonchev–Trinajstić information content (AvgIpc) is 1.70. The van der Waals surface area contributed by atoms with Crippen molar-refractivity contribution in [2.75, 3.05) is 68.0 Å². The Morgan fingerprint density at radius 1 is 0.674 bits per heavy atom. The second-order valence-corrected chi connectivity index (χ2v) is 27.6. The minimum absolute atomic E-state index is 0.0329. The second kappa shape index (κ2) is 34.0. The molecule has 1 aromatic carbocycles. The number of hydrogen-bond donors (Lipinski definition) is 4. The summed E-state index contributed by atoms with van der Waals surface area (Å²) in [4.78, 5) is 169. The zero-order chi connectivity index (χ0) is 68.7. The smallest absolute Gasteiger partial charge is 0.351 e. The quantitative estimate of drug-likeness (QED) is 0.190. The predicted octanol–water partition coefficient (Wildman–Crippen LogP) is 5.94. The maximum absolute atomic E-state index is 15.0. The Morgan fingerprint density at radius 3 is 1.89 bits per heavy atom. The highest BCUT2D eigenvalue weighted by Gasteiger charge is 2.50. The number of nitrogens with one attached hydrogen (secondary N) is 4. The van der Waals surface area contributed by atoms with Crippen LogP contribution in [0.15, 0.2) is 18.2 Å². The molecule has 2 saturated carbocycles. The number of halogens is 4. The Morgan fingerprint density at radius 2 is 1.30 bits per heavy atom. The summed E-state index contributed by atoms with van der Waals surface area (Å²) in [7, 11) is 7.23. The fourth-order valence-corrected chi connectivity index (χ4v) is 13.8. The van der Waals surface area contributed by atoms with Crippen molar-refractivity contribution in [1.29, 1.82) is 0 Å². The second-order valence-electron chi connectivity index (χ2n) is 27.1. The number of rotatable bonds is 12. The summed E-state index contributed by atoms with van der Waals surface area (Å²) in [6, 6.07) is -4.58. The number of aryl methyl sites for hydroxylation is 1. The maximum Gasteiger partial charge on any atom is 0.417 e. The van der Waals surface area contributed by atoms with Crippen LogP contribution < -0.4 is 21.3 Å². The van der Waals surface area contributed by atoms with E-state index in [1.807, 2.05) is 27.7 Å². The highest BCUT2D eigenvalue weighted by molar-refractivity contribution is 6.31. The number of carbonyl (C=O) groups is 11. The molecule has 2 saturated heterocycles. The van der Waals surface area contributed by atoms with Crippen molar-refractivity contribution in [1.82, 2.24) is 55.6 Å². The van der Waals surface area contributed by atoms with Crippen LogP contribution in [-0.4, -0.2) is 215 Å². The molecule has 11 amide bonds. The molecule has 5 rings (SSSR count). The zero-order valence-electron chi connectivity index (χ0n) is 56.5. The van der Waals surface area contributed by atoms with Gasteiger partial charge in [-0.1, -0.05) is 118 Å². The first-order valence-corrected chi connectivity index (χ1v) is 33.5. The van der Waals surface area contributed by atoms with Gasteiger partial charge in [0.05, 0.1) is 30.2 Å². The average molecular weight is 1320 g/mol. The summed E-state index contributed by atoms with van der Waals surface area (Å²) in [5.41, 5.74) is -2.25. The molecule has 4 N–H and O–H groups in total. The Balaban J connectivity index is 1.56. The van der Waals surface area contributed by atoms with E-state index in [0.717, 1.165) is 49.1 Å². The fourth-order valence-electron chi connectivity index (χ4n) is 13.5. The third kappa shape index (κ3) is 20.0. The summed E-state index contributed by atoms with van der Waals surface area (Å²) in [5.74, 6) is -7.69. The predicted molar refractivity (Wildman–Crippen MR) is 342 cm³/mol. The van der Waals surface area contributed by atoms with Crippen molar-refractivity contribution < 1.29 is 65.9 Å². The molecule has 26 heteroatoms. The molecule has 8 atom stereocenters. The van der Waals surface area contributed by atoms with E-state index in [1.54, 1.807) is 27.7 Å². The van der Waals surface area contributed by atoms with E-state index in [-0.39, 0.29) is 76.3 Å². The van der Waals surface area contributed by atoms with Crippen LogP contribution in [0.2, 0.25) is 5.02 Å². The van der Waals surface area contributed by atoms with Crippen LogP contribution in [0.3, 0.4) is 0 Å². The molecule has 22 nitrogen and oxygen atoms in total. The molecule has 1 aromatic rings. The van der Waals surface area contributed by atoms with Gasteiger partial charge in [-0.2, -0.15) is 13.2 Å². The van der Waals surface area contributed by atoms with Crippen LogP contribution in [0.5, 0.6) is 0 Å². The van der Waals surface area contributed by atoms with Crippen LogP contribution in [0.1, 0.15) is 176 Å². The number of nitrogens with zero attached hydrogens (tertiary/aromatic N) is 7. The number of alkyl halides is 3. The number of amides is 11. The third-order valence-corrected chi connectivity index (χ3v) is 19.3. The Bertz CT molecular complexity index is 2800. The minimum Gasteiger partial charge on any atom is -0.351 e.